The normalized spacial score (nSPS) is 27.4. The van der Waals surface area contributed by atoms with Crippen LogP contribution in [0.25, 0.3) is 0 Å². The number of benzene rings is 1. The molecule has 0 unspecified atom stereocenters. The van der Waals surface area contributed by atoms with Crippen LogP contribution in [0.2, 0.25) is 0 Å². The first kappa shape index (κ1) is 21.6. The molecule has 0 saturated heterocycles. The van der Waals surface area contributed by atoms with E-state index in [1.165, 1.54) is 6.42 Å². The third-order valence-corrected chi connectivity index (χ3v) is 6.50. The largest absolute Gasteiger partial charge is 0.461 e. The molecule has 156 valence electrons. The number of esters is 1. The molecule has 7 heteroatoms. The van der Waals surface area contributed by atoms with Gasteiger partial charge in [-0.25, -0.2) is 0 Å². The molecule has 0 radical (unpaired) electrons. The molecule has 1 fully saturated rings. The van der Waals surface area contributed by atoms with Gasteiger partial charge in [0.2, 0.25) is 5.91 Å². The van der Waals surface area contributed by atoms with Crippen LogP contribution in [0.15, 0.2) is 35.3 Å². The highest BCUT2D eigenvalue weighted by Gasteiger charge is 2.35. The molecule has 1 saturated carbocycles. The van der Waals surface area contributed by atoms with Gasteiger partial charge in [-0.15, -0.1) is 0 Å². The number of nitrogens with zero attached hydrogens (tertiary/aromatic N) is 1. The van der Waals surface area contributed by atoms with Gasteiger partial charge in [-0.3, -0.25) is 14.4 Å². The Morgan fingerprint density at radius 1 is 1.24 bits per heavy atom. The molecule has 29 heavy (non-hydrogen) atoms. The summed E-state index contributed by atoms with van der Waals surface area (Å²) in [7, 11) is 0. The Balaban J connectivity index is 1.56. The molecule has 1 heterocycles. The van der Waals surface area contributed by atoms with E-state index in [1.807, 2.05) is 6.07 Å². The molecule has 1 aliphatic heterocycles. The Kier molecular flexibility index (Phi) is 7.11. The number of carbonyl (C=O) groups is 3. The lowest BCUT2D eigenvalue weighted by Crippen LogP contribution is -2.42. The second kappa shape index (κ2) is 9.57. The molecule has 1 aromatic rings. The van der Waals surface area contributed by atoms with E-state index in [2.05, 4.69) is 31.1 Å². The van der Waals surface area contributed by atoms with Crippen molar-refractivity contribution in [2.75, 3.05) is 5.75 Å². The lowest BCUT2D eigenvalue weighted by Gasteiger charge is -2.36. The molecule has 6 nitrogen and oxygen atoms in total. The molecular weight excluding hydrogens is 388 g/mol. The maximum absolute atomic E-state index is 12.4. The van der Waals surface area contributed by atoms with E-state index < -0.39 is 17.7 Å². The van der Waals surface area contributed by atoms with E-state index in [0.29, 0.717) is 23.3 Å². The summed E-state index contributed by atoms with van der Waals surface area (Å²) >= 11 is 1.03. The lowest BCUT2D eigenvalue weighted by molar-refractivity contribution is -0.152. The number of amidine groups is 1. The molecule has 2 aliphatic rings. The minimum Gasteiger partial charge on any atom is -0.461 e. The summed E-state index contributed by atoms with van der Waals surface area (Å²) in [5.41, 5.74) is 0.605. The van der Waals surface area contributed by atoms with Crippen LogP contribution < -0.4 is 5.32 Å². The molecular formula is C22H28N2O4S. The molecule has 0 spiro atoms. The highest BCUT2D eigenvalue weighted by atomic mass is 32.2. The van der Waals surface area contributed by atoms with Crippen molar-refractivity contribution in [1.82, 2.24) is 5.32 Å². The van der Waals surface area contributed by atoms with Gasteiger partial charge in [0.1, 0.15) is 12.0 Å². The van der Waals surface area contributed by atoms with Crippen LogP contribution in [0.5, 0.6) is 0 Å². The topological polar surface area (TPSA) is 84.8 Å². The Bertz CT molecular complexity index is 793. The van der Waals surface area contributed by atoms with Crippen molar-refractivity contribution in [3.8, 4) is 0 Å². The Morgan fingerprint density at radius 2 is 1.97 bits per heavy atom. The molecule has 3 rings (SSSR count). The highest BCUT2D eigenvalue weighted by molar-refractivity contribution is 8.14. The van der Waals surface area contributed by atoms with Gasteiger partial charge in [-0.2, -0.15) is 4.99 Å². The van der Waals surface area contributed by atoms with Gasteiger partial charge in [0.15, 0.2) is 5.17 Å². The fraction of sp³-hybridized carbons (Fsp3) is 0.545. The number of hydrogen-bond donors (Lipinski definition) is 1. The van der Waals surface area contributed by atoms with E-state index in [0.717, 1.165) is 24.6 Å². The van der Waals surface area contributed by atoms with Gasteiger partial charge in [0.25, 0.3) is 5.91 Å². The number of amides is 2. The standard InChI is InChI=1S/C22H28N2O4S/c1-13(2)16-10-9-14(3)11-17(16)28-18(25)12-29-22-23-20(26)19(21(27)24-22)15-7-5-4-6-8-15/h4-8,13-14,16-17,19H,9-12H2,1-3H3,(H,23,24,26,27)/t14-,16-,17-/m1/s1. The molecule has 2 amide bonds. The first-order chi connectivity index (χ1) is 13.8. The van der Waals surface area contributed by atoms with Gasteiger partial charge >= 0.3 is 5.97 Å². The Hall–Kier alpha value is -2.15. The van der Waals surface area contributed by atoms with Gasteiger partial charge < -0.3 is 10.1 Å². The molecule has 0 bridgehead atoms. The zero-order valence-corrected chi connectivity index (χ0v) is 17.9. The highest BCUT2D eigenvalue weighted by Crippen LogP contribution is 2.35. The fourth-order valence-electron chi connectivity index (χ4n) is 4.07. The quantitative estimate of drug-likeness (QED) is 0.586. The van der Waals surface area contributed by atoms with Crippen LogP contribution in [0.4, 0.5) is 0 Å². The number of thioether (sulfide) groups is 1. The monoisotopic (exact) mass is 416 g/mol. The first-order valence-corrected chi connectivity index (χ1v) is 11.1. The summed E-state index contributed by atoms with van der Waals surface area (Å²) in [6.45, 7) is 6.52. The Morgan fingerprint density at radius 3 is 2.62 bits per heavy atom. The average molecular weight is 417 g/mol. The fourth-order valence-corrected chi connectivity index (χ4v) is 4.72. The third kappa shape index (κ3) is 5.47. The summed E-state index contributed by atoms with van der Waals surface area (Å²) in [6.07, 6.45) is 3.05. The number of carbonyl (C=O) groups excluding carboxylic acids is 3. The van der Waals surface area contributed by atoms with E-state index in [4.69, 9.17) is 4.74 Å². The van der Waals surface area contributed by atoms with Gasteiger partial charge in [-0.05, 0) is 36.2 Å². The van der Waals surface area contributed by atoms with Gasteiger partial charge in [0, 0.05) is 0 Å². The average Bonchev–Trinajstić information content (AvgIpc) is 2.66. The third-order valence-electron chi connectivity index (χ3n) is 5.65. The Labute approximate surface area is 175 Å². The van der Waals surface area contributed by atoms with Crippen LogP contribution in [0.1, 0.15) is 51.5 Å². The van der Waals surface area contributed by atoms with Crippen molar-refractivity contribution in [1.29, 1.82) is 0 Å². The van der Waals surface area contributed by atoms with E-state index in [9.17, 15) is 14.4 Å². The molecule has 1 aliphatic carbocycles. The second-order valence-corrected chi connectivity index (χ2v) is 9.20. The SMILES string of the molecule is CC(C)[C@H]1CC[C@@H](C)C[C@H]1OC(=O)CSC1=NC(=O)[C@H](c2ccccc2)C(=O)N1. The summed E-state index contributed by atoms with van der Waals surface area (Å²) in [5.74, 6) is -0.826. The minimum absolute atomic E-state index is 0.0120. The molecule has 4 atom stereocenters. The van der Waals surface area contributed by atoms with Crippen molar-refractivity contribution in [3.05, 3.63) is 35.9 Å². The predicted molar refractivity (Wildman–Crippen MR) is 113 cm³/mol. The number of hydrogen-bond acceptors (Lipinski definition) is 5. The summed E-state index contributed by atoms with van der Waals surface area (Å²) < 4.78 is 5.76. The summed E-state index contributed by atoms with van der Waals surface area (Å²) in [6, 6.07) is 8.82. The smallest absolute Gasteiger partial charge is 0.316 e. The summed E-state index contributed by atoms with van der Waals surface area (Å²) in [4.78, 5) is 41.1. The zero-order valence-electron chi connectivity index (χ0n) is 17.1. The van der Waals surface area contributed by atoms with E-state index >= 15 is 0 Å². The molecule has 1 aromatic carbocycles. The van der Waals surface area contributed by atoms with E-state index in [1.54, 1.807) is 24.3 Å². The van der Waals surface area contributed by atoms with Crippen molar-refractivity contribution in [2.45, 2.75) is 52.1 Å². The van der Waals surface area contributed by atoms with Crippen LogP contribution in [-0.2, 0) is 19.1 Å². The maximum atomic E-state index is 12.4. The van der Waals surface area contributed by atoms with Crippen molar-refractivity contribution < 1.29 is 19.1 Å². The first-order valence-electron chi connectivity index (χ1n) is 10.2. The maximum Gasteiger partial charge on any atom is 0.316 e. The minimum atomic E-state index is -0.942. The van der Waals surface area contributed by atoms with Crippen LogP contribution in [0, 0.1) is 17.8 Å². The zero-order chi connectivity index (χ0) is 21.0. The van der Waals surface area contributed by atoms with Crippen LogP contribution in [0.3, 0.4) is 0 Å². The van der Waals surface area contributed by atoms with Crippen molar-refractivity contribution >= 4 is 34.7 Å². The molecule has 0 aromatic heterocycles. The number of rotatable bonds is 5. The van der Waals surface area contributed by atoms with Crippen LogP contribution in [-0.4, -0.2) is 34.8 Å². The van der Waals surface area contributed by atoms with Crippen molar-refractivity contribution in [2.24, 2.45) is 22.7 Å². The summed E-state index contributed by atoms with van der Waals surface area (Å²) in [5, 5.41) is 2.79. The molecule has 1 N–H and O–H groups in total. The second-order valence-electron chi connectivity index (χ2n) is 8.23. The predicted octanol–water partition coefficient (Wildman–Crippen LogP) is 3.52. The number of ether oxygens (including phenoxy) is 1. The number of nitrogens with one attached hydrogen (secondary N) is 1. The van der Waals surface area contributed by atoms with Crippen LogP contribution >= 0.6 is 11.8 Å². The number of aliphatic imine (C=N–C) groups is 1. The van der Waals surface area contributed by atoms with Crippen molar-refractivity contribution in [3.63, 3.8) is 0 Å². The lowest BCUT2D eigenvalue weighted by atomic mass is 9.75. The van der Waals surface area contributed by atoms with Gasteiger partial charge in [-0.1, -0.05) is 69.3 Å². The van der Waals surface area contributed by atoms with E-state index in [-0.39, 0.29) is 23.0 Å². The van der Waals surface area contributed by atoms with Gasteiger partial charge in [0.05, 0.1) is 5.75 Å².